The van der Waals surface area contributed by atoms with Crippen LogP contribution >= 0.6 is 0 Å². The maximum absolute atomic E-state index is 11.9. The third kappa shape index (κ3) is 4.81. The molecule has 2 aromatic rings. The maximum Gasteiger partial charge on any atom is 0.336 e. The van der Waals surface area contributed by atoms with Gasteiger partial charge < -0.3 is 15.3 Å². The number of carboxylic acids is 1. The average molecular weight is 395 g/mol. The van der Waals surface area contributed by atoms with Crippen molar-refractivity contribution in [1.29, 1.82) is 5.26 Å². The van der Waals surface area contributed by atoms with Gasteiger partial charge in [-0.2, -0.15) is 5.26 Å². The summed E-state index contributed by atoms with van der Waals surface area (Å²) in [5, 5.41) is 21.8. The first-order chi connectivity index (χ1) is 13.9. The molecular weight excluding hydrogens is 370 g/mol. The van der Waals surface area contributed by atoms with Gasteiger partial charge in [0.15, 0.2) is 0 Å². The number of nitrogens with zero attached hydrogens (tertiary/aromatic N) is 4. The van der Waals surface area contributed by atoms with E-state index in [-0.39, 0.29) is 17.4 Å². The molecule has 1 fully saturated rings. The molecule has 0 radical (unpaired) electrons. The van der Waals surface area contributed by atoms with Crippen LogP contribution in [-0.2, 0) is 4.79 Å². The highest BCUT2D eigenvalue weighted by atomic mass is 16.4. The van der Waals surface area contributed by atoms with Gasteiger partial charge in [-0.05, 0) is 24.3 Å². The van der Waals surface area contributed by atoms with Gasteiger partial charge in [0.25, 0.3) is 0 Å². The van der Waals surface area contributed by atoms with Crippen LogP contribution in [-0.4, -0.2) is 59.6 Å². The van der Waals surface area contributed by atoms with Crippen molar-refractivity contribution in [1.82, 2.24) is 9.88 Å². The van der Waals surface area contributed by atoms with Crippen molar-refractivity contribution in [3.8, 4) is 6.07 Å². The lowest BCUT2D eigenvalue weighted by molar-refractivity contribution is -0.118. The minimum Gasteiger partial charge on any atom is -0.478 e. The first-order valence-corrected chi connectivity index (χ1v) is 9.72. The predicted octanol–water partition coefficient (Wildman–Crippen LogP) is 2.56. The molecule has 0 atom stereocenters. The van der Waals surface area contributed by atoms with Gasteiger partial charge in [-0.3, -0.25) is 9.69 Å². The summed E-state index contributed by atoms with van der Waals surface area (Å²) >= 11 is 0. The van der Waals surface area contributed by atoms with Crippen LogP contribution in [0, 0.1) is 17.2 Å². The number of anilines is 2. The van der Waals surface area contributed by atoms with Crippen LogP contribution in [0.5, 0.6) is 0 Å². The lowest BCUT2D eigenvalue weighted by Crippen LogP contribution is -2.46. The Morgan fingerprint density at radius 2 is 1.97 bits per heavy atom. The molecule has 1 aromatic heterocycles. The van der Waals surface area contributed by atoms with Crippen LogP contribution in [0.2, 0.25) is 0 Å². The quantitative estimate of drug-likeness (QED) is 0.773. The zero-order valence-corrected chi connectivity index (χ0v) is 16.7. The fourth-order valence-electron chi connectivity index (χ4n) is 3.32. The Labute approximate surface area is 169 Å². The van der Waals surface area contributed by atoms with E-state index in [0.29, 0.717) is 28.8 Å². The molecule has 0 spiro atoms. The number of carbonyl (C=O) groups excluding carboxylic acids is 1. The van der Waals surface area contributed by atoms with Crippen LogP contribution in [0.25, 0.3) is 10.9 Å². The Hall–Kier alpha value is -3.18. The summed E-state index contributed by atoms with van der Waals surface area (Å²) in [6.07, 6.45) is 0.507. The minimum atomic E-state index is -1.03. The Bertz CT molecular complexity index is 959. The van der Waals surface area contributed by atoms with Crippen molar-refractivity contribution < 1.29 is 14.7 Å². The topological polar surface area (TPSA) is 110 Å². The molecule has 1 aliphatic heterocycles. The summed E-state index contributed by atoms with van der Waals surface area (Å²) in [5.41, 5.74) is 1.30. The van der Waals surface area contributed by atoms with Gasteiger partial charge >= 0.3 is 5.97 Å². The largest absolute Gasteiger partial charge is 0.478 e. The van der Waals surface area contributed by atoms with E-state index in [0.717, 1.165) is 32.7 Å². The van der Waals surface area contributed by atoms with Crippen LogP contribution < -0.4 is 10.2 Å². The van der Waals surface area contributed by atoms with Crippen molar-refractivity contribution in [2.45, 2.75) is 20.3 Å². The molecule has 0 saturated carbocycles. The summed E-state index contributed by atoms with van der Waals surface area (Å²) in [6, 6.07) is 8.91. The number of benzene rings is 1. The number of nitrogens with one attached hydrogen (secondary N) is 1. The number of piperazine rings is 1. The highest BCUT2D eigenvalue weighted by molar-refractivity contribution is 6.05. The van der Waals surface area contributed by atoms with Gasteiger partial charge in [0, 0.05) is 56.1 Å². The fourth-order valence-corrected chi connectivity index (χ4v) is 3.32. The third-order valence-corrected chi connectivity index (χ3v) is 5.05. The van der Waals surface area contributed by atoms with Gasteiger partial charge in [-0.15, -0.1) is 0 Å². The molecule has 1 amide bonds. The standard InChI is InChI=1S/C21H25N5O3/c1-14(2)20(27)23-15-4-5-18-16(12-15)17(21(28)29)13-19(24-18)26-10-8-25(9-11-26)7-3-6-22/h4-5,12-14H,3,7-11H2,1-2H3,(H,23,27)(H,28,29). The van der Waals surface area contributed by atoms with E-state index in [1.165, 1.54) is 0 Å². The van der Waals surface area contributed by atoms with Crippen LogP contribution in [0.15, 0.2) is 24.3 Å². The van der Waals surface area contributed by atoms with Gasteiger partial charge in [0.2, 0.25) is 5.91 Å². The zero-order chi connectivity index (χ0) is 21.0. The number of nitriles is 1. The first-order valence-electron chi connectivity index (χ1n) is 9.72. The molecule has 2 N–H and O–H groups in total. The zero-order valence-electron chi connectivity index (χ0n) is 16.7. The Morgan fingerprint density at radius 3 is 2.59 bits per heavy atom. The molecule has 0 bridgehead atoms. The first kappa shape index (κ1) is 20.6. The predicted molar refractivity (Wildman–Crippen MR) is 111 cm³/mol. The number of hydrogen-bond donors (Lipinski definition) is 2. The van der Waals surface area contributed by atoms with Crippen LogP contribution in [0.3, 0.4) is 0 Å². The van der Waals surface area contributed by atoms with Gasteiger partial charge in [0.05, 0.1) is 17.1 Å². The summed E-state index contributed by atoms with van der Waals surface area (Å²) < 4.78 is 0. The van der Waals surface area contributed by atoms with Gasteiger partial charge in [0.1, 0.15) is 5.82 Å². The maximum atomic E-state index is 11.9. The second-order valence-electron chi connectivity index (χ2n) is 7.45. The van der Waals surface area contributed by atoms with E-state index in [2.05, 4.69) is 26.2 Å². The molecule has 152 valence electrons. The second-order valence-corrected chi connectivity index (χ2v) is 7.45. The highest BCUT2D eigenvalue weighted by Gasteiger charge is 2.21. The summed E-state index contributed by atoms with van der Waals surface area (Å²) in [5.74, 6) is -0.690. The van der Waals surface area contributed by atoms with Crippen molar-refractivity contribution in [2.75, 3.05) is 42.9 Å². The third-order valence-electron chi connectivity index (χ3n) is 5.05. The average Bonchev–Trinajstić information content (AvgIpc) is 2.71. The summed E-state index contributed by atoms with van der Waals surface area (Å²) in [6.45, 7) is 7.42. The molecule has 1 aromatic carbocycles. The number of rotatable bonds is 6. The van der Waals surface area contributed by atoms with Crippen molar-refractivity contribution in [3.05, 3.63) is 29.8 Å². The van der Waals surface area contributed by atoms with Crippen molar-refractivity contribution >= 4 is 34.3 Å². The number of hydrogen-bond acceptors (Lipinski definition) is 6. The smallest absolute Gasteiger partial charge is 0.336 e. The Morgan fingerprint density at radius 1 is 1.24 bits per heavy atom. The lowest BCUT2D eigenvalue weighted by Gasteiger charge is -2.35. The molecule has 8 heteroatoms. The van der Waals surface area contributed by atoms with Crippen molar-refractivity contribution in [3.63, 3.8) is 0 Å². The Kier molecular flexibility index (Phi) is 6.29. The van der Waals surface area contributed by atoms with Crippen LogP contribution in [0.4, 0.5) is 11.5 Å². The number of carboxylic acid groups (broad SMARTS) is 1. The molecule has 1 saturated heterocycles. The van der Waals surface area contributed by atoms with E-state index in [1.54, 1.807) is 38.1 Å². The molecule has 3 rings (SSSR count). The molecule has 8 nitrogen and oxygen atoms in total. The normalized spacial score (nSPS) is 14.8. The van der Waals surface area contributed by atoms with Crippen molar-refractivity contribution in [2.24, 2.45) is 5.92 Å². The minimum absolute atomic E-state index is 0.125. The summed E-state index contributed by atoms with van der Waals surface area (Å²) in [7, 11) is 0. The molecule has 1 aliphatic rings. The molecule has 0 unspecified atom stereocenters. The SMILES string of the molecule is CC(C)C(=O)Nc1ccc2nc(N3CCN(CCC#N)CC3)cc(C(=O)O)c2c1. The Balaban J connectivity index is 1.87. The highest BCUT2D eigenvalue weighted by Crippen LogP contribution is 2.27. The number of aromatic carboxylic acids is 1. The molecule has 2 heterocycles. The number of fused-ring (bicyclic) bond motifs is 1. The van der Waals surface area contributed by atoms with Crippen LogP contribution in [0.1, 0.15) is 30.6 Å². The number of aromatic nitrogens is 1. The van der Waals surface area contributed by atoms with E-state index < -0.39 is 5.97 Å². The second kappa shape index (κ2) is 8.88. The lowest BCUT2D eigenvalue weighted by atomic mass is 10.1. The van der Waals surface area contributed by atoms with E-state index in [1.807, 2.05) is 0 Å². The number of pyridine rings is 1. The summed E-state index contributed by atoms with van der Waals surface area (Å²) in [4.78, 5) is 32.8. The van der Waals surface area contributed by atoms with E-state index in [9.17, 15) is 14.7 Å². The van der Waals surface area contributed by atoms with E-state index >= 15 is 0 Å². The van der Waals surface area contributed by atoms with E-state index in [4.69, 9.17) is 5.26 Å². The molecule has 0 aliphatic carbocycles. The van der Waals surface area contributed by atoms with Gasteiger partial charge in [-0.1, -0.05) is 13.8 Å². The number of carbonyl (C=O) groups is 2. The van der Waals surface area contributed by atoms with Gasteiger partial charge in [-0.25, -0.2) is 9.78 Å². The molecule has 29 heavy (non-hydrogen) atoms. The number of amides is 1. The molecular formula is C21H25N5O3. The fraction of sp³-hybridized carbons (Fsp3) is 0.429. The monoisotopic (exact) mass is 395 g/mol.